The van der Waals surface area contributed by atoms with Gasteiger partial charge in [-0.1, -0.05) is 0 Å². The van der Waals surface area contributed by atoms with E-state index in [0.717, 1.165) is 11.5 Å². The second-order valence-electron chi connectivity index (χ2n) is 8.01. The molecular formula is C19H27N5O4. The molecule has 0 bridgehead atoms. The van der Waals surface area contributed by atoms with E-state index in [1.807, 2.05) is 26.8 Å². The number of carbonyl (C=O) groups excluding carboxylic acids is 3. The molecule has 9 nitrogen and oxygen atoms in total. The van der Waals surface area contributed by atoms with Gasteiger partial charge in [-0.05, 0) is 33.3 Å². The van der Waals surface area contributed by atoms with Crippen molar-refractivity contribution in [2.24, 2.45) is 0 Å². The zero-order valence-corrected chi connectivity index (χ0v) is 16.5. The van der Waals surface area contributed by atoms with Gasteiger partial charge in [0.25, 0.3) is 0 Å². The number of amides is 3. The number of hydrogen-bond donors (Lipinski definition) is 2. The van der Waals surface area contributed by atoms with E-state index in [9.17, 15) is 14.4 Å². The summed E-state index contributed by atoms with van der Waals surface area (Å²) in [6.45, 7) is 7.97. The molecular weight excluding hydrogens is 362 g/mol. The minimum absolute atomic E-state index is 0.235. The van der Waals surface area contributed by atoms with Gasteiger partial charge in [0.1, 0.15) is 17.5 Å². The van der Waals surface area contributed by atoms with Crippen LogP contribution in [0.25, 0.3) is 0 Å². The summed E-state index contributed by atoms with van der Waals surface area (Å²) in [4.78, 5) is 43.6. The first-order valence-corrected chi connectivity index (χ1v) is 9.50. The molecule has 0 saturated carbocycles. The Bertz CT molecular complexity index is 753. The molecule has 1 unspecified atom stereocenters. The van der Waals surface area contributed by atoms with Crippen molar-refractivity contribution in [1.29, 1.82) is 0 Å². The van der Waals surface area contributed by atoms with Crippen LogP contribution in [-0.4, -0.2) is 65.6 Å². The third-order valence-corrected chi connectivity index (χ3v) is 4.58. The van der Waals surface area contributed by atoms with Crippen LogP contribution in [0, 0.1) is 0 Å². The van der Waals surface area contributed by atoms with Gasteiger partial charge in [0, 0.05) is 50.6 Å². The van der Waals surface area contributed by atoms with Crippen molar-refractivity contribution in [3.8, 4) is 0 Å². The van der Waals surface area contributed by atoms with Gasteiger partial charge >= 0.3 is 6.09 Å². The van der Waals surface area contributed by atoms with Crippen molar-refractivity contribution in [3.05, 3.63) is 18.3 Å². The van der Waals surface area contributed by atoms with Gasteiger partial charge in [-0.25, -0.2) is 9.78 Å². The summed E-state index contributed by atoms with van der Waals surface area (Å²) in [5, 5.41) is 5.51. The van der Waals surface area contributed by atoms with E-state index in [1.54, 1.807) is 17.2 Å². The molecule has 3 heterocycles. The van der Waals surface area contributed by atoms with Gasteiger partial charge in [-0.3, -0.25) is 14.9 Å². The molecule has 0 aromatic carbocycles. The molecule has 2 aliphatic heterocycles. The minimum atomic E-state index is -0.508. The molecule has 9 heteroatoms. The normalized spacial score (nSPS) is 20.6. The lowest BCUT2D eigenvalue weighted by molar-refractivity contribution is -0.133. The van der Waals surface area contributed by atoms with Crippen LogP contribution in [0.4, 0.5) is 16.3 Å². The molecule has 1 aromatic heterocycles. The average molecular weight is 389 g/mol. The molecule has 0 radical (unpaired) electrons. The highest BCUT2D eigenvalue weighted by atomic mass is 16.6. The SMILES string of the molecule is CC(C)(C)OC(=O)N1CCN(c2cc(NC3CCC(=O)NC3=O)ccn2)CC1. The minimum Gasteiger partial charge on any atom is -0.444 e. The standard InChI is InChI=1S/C19H27N5O4/c1-19(2,3)28-18(27)24-10-8-23(9-11-24)15-12-13(6-7-20-15)21-14-4-5-16(25)22-17(14)26/h6-7,12,14H,4-5,8-11H2,1-3H3,(H,20,21)(H,22,25,26). The van der Waals surface area contributed by atoms with Crippen LogP contribution < -0.4 is 15.5 Å². The average Bonchev–Trinajstić information content (AvgIpc) is 2.63. The Hall–Kier alpha value is -2.84. The molecule has 1 aromatic rings. The van der Waals surface area contributed by atoms with E-state index in [-0.39, 0.29) is 17.9 Å². The van der Waals surface area contributed by atoms with Crippen LogP contribution >= 0.6 is 0 Å². The predicted molar refractivity (Wildman–Crippen MR) is 104 cm³/mol. The van der Waals surface area contributed by atoms with Crippen molar-refractivity contribution in [2.75, 3.05) is 36.4 Å². The number of hydrogen-bond acceptors (Lipinski definition) is 7. The lowest BCUT2D eigenvalue weighted by Crippen LogP contribution is -2.50. The first-order chi connectivity index (χ1) is 13.2. The fraction of sp³-hybridized carbons (Fsp3) is 0.579. The van der Waals surface area contributed by atoms with Crippen molar-refractivity contribution in [2.45, 2.75) is 45.3 Å². The van der Waals surface area contributed by atoms with Crippen molar-refractivity contribution in [3.63, 3.8) is 0 Å². The third kappa shape index (κ3) is 5.11. The number of anilines is 2. The maximum Gasteiger partial charge on any atom is 0.410 e. The number of nitrogens with one attached hydrogen (secondary N) is 2. The Morgan fingerprint density at radius 2 is 1.96 bits per heavy atom. The lowest BCUT2D eigenvalue weighted by atomic mass is 10.1. The summed E-state index contributed by atoms with van der Waals surface area (Å²) >= 11 is 0. The molecule has 3 rings (SSSR count). The Morgan fingerprint density at radius 1 is 1.25 bits per heavy atom. The van der Waals surface area contributed by atoms with E-state index in [2.05, 4.69) is 20.5 Å². The van der Waals surface area contributed by atoms with Crippen LogP contribution in [0.1, 0.15) is 33.6 Å². The number of nitrogens with zero attached hydrogens (tertiary/aromatic N) is 3. The molecule has 0 spiro atoms. The zero-order chi connectivity index (χ0) is 20.3. The number of rotatable bonds is 3. The number of piperidine rings is 1. The summed E-state index contributed by atoms with van der Waals surface area (Å²) in [7, 11) is 0. The molecule has 2 N–H and O–H groups in total. The number of ether oxygens (including phenoxy) is 1. The molecule has 1 atom stereocenters. The Labute approximate surface area is 164 Å². The first-order valence-electron chi connectivity index (χ1n) is 9.50. The molecule has 2 fully saturated rings. The second kappa shape index (κ2) is 8.04. The highest BCUT2D eigenvalue weighted by Gasteiger charge is 2.28. The summed E-state index contributed by atoms with van der Waals surface area (Å²) < 4.78 is 5.42. The number of piperazine rings is 1. The van der Waals surface area contributed by atoms with Crippen LogP contribution in [0.3, 0.4) is 0 Å². The highest BCUT2D eigenvalue weighted by molar-refractivity contribution is 6.01. The number of carbonyl (C=O) groups is 3. The number of pyridine rings is 1. The molecule has 152 valence electrons. The summed E-state index contributed by atoms with van der Waals surface area (Å²) in [6, 6.07) is 3.24. The molecule has 2 aliphatic rings. The Morgan fingerprint density at radius 3 is 2.61 bits per heavy atom. The Kier molecular flexibility index (Phi) is 5.71. The van der Waals surface area contributed by atoms with Crippen LogP contribution in [0.2, 0.25) is 0 Å². The predicted octanol–water partition coefficient (Wildman–Crippen LogP) is 1.36. The fourth-order valence-electron chi connectivity index (χ4n) is 3.16. The number of aromatic nitrogens is 1. The maximum atomic E-state index is 12.2. The van der Waals surface area contributed by atoms with Crippen molar-refractivity contribution < 1.29 is 19.1 Å². The van der Waals surface area contributed by atoms with Crippen LogP contribution in [-0.2, 0) is 14.3 Å². The Balaban J connectivity index is 1.57. The fourth-order valence-corrected chi connectivity index (χ4v) is 3.16. The van der Waals surface area contributed by atoms with E-state index < -0.39 is 11.6 Å². The van der Waals surface area contributed by atoms with E-state index in [4.69, 9.17) is 4.74 Å². The van der Waals surface area contributed by atoms with E-state index >= 15 is 0 Å². The smallest absolute Gasteiger partial charge is 0.410 e. The zero-order valence-electron chi connectivity index (χ0n) is 16.5. The van der Waals surface area contributed by atoms with Crippen LogP contribution in [0.15, 0.2) is 18.3 Å². The van der Waals surface area contributed by atoms with Crippen molar-refractivity contribution in [1.82, 2.24) is 15.2 Å². The first kappa shape index (κ1) is 19.9. The van der Waals surface area contributed by atoms with Gasteiger partial charge in [-0.2, -0.15) is 0 Å². The quantitative estimate of drug-likeness (QED) is 0.752. The highest BCUT2D eigenvalue weighted by Crippen LogP contribution is 2.21. The maximum absolute atomic E-state index is 12.2. The molecule has 0 aliphatic carbocycles. The monoisotopic (exact) mass is 389 g/mol. The van der Waals surface area contributed by atoms with Crippen LogP contribution in [0.5, 0.6) is 0 Å². The summed E-state index contributed by atoms with van der Waals surface area (Å²) in [5.74, 6) is 0.239. The molecule has 28 heavy (non-hydrogen) atoms. The summed E-state index contributed by atoms with van der Waals surface area (Å²) in [5.41, 5.74) is 0.264. The molecule has 3 amide bonds. The van der Waals surface area contributed by atoms with Gasteiger partial charge < -0.3 is 19.9 Å². The third-order valence-electron chi connectivity index (χ3n) is 4.58. The van der Waals surface area contributed by atoms with Gasteiger partial charge in [0.05, 0.1) is 0 Å². The van der Waals surface area contributed by atoms with Gasteiger partial charge in [0.2, 0.25) is 11.8 Å². The number of imide groups is 1. The second-order valence-corrected chi connectivity index (χ2v) is 8.01. The largest absolute Gasteiger partial charge is 0.444 e. The lowest BCUT2D eigenvalue weighted by Gasteiger charge is -2.36. The van der Waals surface area contributed by atoms with E-state index in [0.29, 0.717) is 39.0 Å². The topological polar surface area (TPSA) is 104 Å². The van der Waals surface area contributed by atoms with Gasteiger partial charge in [-0.15, -0.1) is 0 Å². The van der Waals surface area contributed by atoms with Crippen molar-refractivity contribution >= 4 is 29.4 Å². The molecule has 2 saturated heterocycles. The van der Waals surface area contributed by atoms with Gasteiger partial charge in [0.15, 0.2) is 0 Å². The summed E-state index contributed by atoms with van der Waals surface area (Å²) in [6.07, 6.45) is 2.18. The van der Waals surface area contributed by atoms with E-state index in [1.165, 1.54) is 0 Å².